The second-order valence-corrected chi connectivity index (χ2v) is 7.41. The highest BCUT2D eigenvalue weighted by Gasteiger charge is 2.61. The minimum absolute atomic E-state index is 0.0984. The van der Waals surface area contributed by atoms with E-state index < -0.39 is 23.4 Å². The summed E-state index contributed by atoms with van der Waals surface area (Å²) in [5, 5.41) is 0. The van der Waals surface area contributed by atoms with Crippen LogP contribution in [0.1, 0.15) is 52.9 Å². The predicted molar refractivity (Wildman–Crippen MR) is 96.1 cm³/mol. The van der Waals surface area contributed by atoms with Crippen molar-refractivity contribution in [3.63, 3.8) is 0 Å². The lowest BCUT2D eigenvalue weighted by atomic mass is 9.67. The smallest absolute Gasteiger partial charge is 0.317 e. The van der Waals surface area contributed by atoms with Crippen LogP contribution in [0, 0.1) is 11.8 Å². The second kappa shape index (κ2) is 7.22. The van der Waals surface area contributed by atoms with Gasteiger partial charge in [0.05, 0.1) is 0 Å². The summed E-state index contributed by atoms with van der Waals surface area (Å²) in [5.41, 5.74) is 0.168. The highest BCUT2D eigenvalue weighted by atomic mass is 16.6. The van der Waals surface area contributed by atoms with Crippen LogP contribution in [-0.2, 0) is 23.9 Å². The molecule has 3 rings (SSSR count). The zero-order valence-electron chi connectivity index (χ0n) is 15.7. The third-order valence-corrected chi connectivity index (χ3v) is 5.63. The van der Waals surface area contributed by atoms with Gasteiger partial charge in [-0.1, -0.05) is 25.8 Å². The number of Topliss-reactive ketones (excluding diaryl/α,β-unsaturated/α-hetero) is 2. The van der Waals surface area contributed by atoms with E-state index in [9.17, 15) is 14.4 Å². The number of rotatable bonds is 6. The van der Waals surface area contributed by atoms with E-state index in [-0.39, 0.29) is 18.2 Å². The first-order valence-electron chi connectivity index (χ1n) is 9.42. The van der Waals surface area contributed by atoms with Crippen LogP contribution < -0.4 is 0 Å². The van der Waals surface area contributed by atoms with Crippen molar-refractivity contribution in [2.75, 3.05) is 6.61 Å². The largest absolute Gasteiger partial charge is 0.489 e. The van der Waals surface area contributed by atoms with Crippen molar-refractivity contribution in [2.45, 2.75) is 58.5 Å². The lowest BCUT2D eigenvalue weighted by molar-refractivity contribution is -0.157. The minimum atomic E-state index is -1.25. The molecule has 3 atom stereocenters. The van der Waals surface area contributed by atoms with Gasteiger partial charge in [0.2, 0.25) is 5.78 Å². The summed E-state index contributed by atoms with van der Waals surface area (Å²) in [7, 11) is 0. The first-order chi connectivity index (χ1) is 12.4. The van der Waals surface area contributed by atoms with Gasteiger partial charge in [0, 0.05) is 17.9 Å². The van der Waals surface area contributed by atoms with E-state index >= 15 is 0 Å². The third kappa shape index (κ3) is 3.04. The van der Waals surface area contributed by atoms with Gasteiger partial charge in [-0.15, -0.1) is 0 Å². The third-order valence-electron chi connectivity index (χ3n) is 5.63. The van der Waals surface area contributed by atoms with Crippen LogP contribution in [0.25, 0.3) is 0 Å². The molecule has 0 radical (unpaired) electrons. The normalized spacial score (nSPS) is 30.7. The number of carbonyl (C=O) groups is 3. The summed E-state index contributed by atoms with van der Waals surface area (Å²) >= 11 is 0. The van der Waals surface area contributed by atoms with Crippen molar-refractivity contribution < 1.29 is 23.9 Å². The second-order valence-electron chi connectivity index (χ2n) is 7.41. The van der Waals surface area contributed by atoms with Crippen LogP contribution in [0.4, 0.5) is 0 Å². The molecule has 3 aliphatic rings. The first kappa shape index (κ1) is 18.6. The zero-order chi connectivity index (χ0) is 18.9. The van der Waals surface area contributed by atoms with Crippen LogP contribution >= 0.6 is 0 Å². The topological polar surface area (TPSA) is 69.7 Å². The predicted octanol–water partition coefficient (Wildman–Crippen LogP) is 3.44. The Morgan fingerprint density at radius 2 is 2.12 bits per heavy atom. The van der Waals surface area contributed by atoms with E-state index in [1.807, 2.05) is 25.2 Å². The van der Waals surface area contributed by atoms with Crippen LogP contribution in [0.5, 0.6) is 0 Å². The summed E-state index contributed by atoms with van der Waals surface area (Å²) in [6, 6.07) is 0. The average molecular weight is 358 g/mol. The molecule has 1 fully saturated rings. The molecular weight excluding hydrogens is 332 g/mol. The highest BCUT2D eigenvalue weighted by molar-refractivity contribution is 6.10. The maximum atomic E-state index is 13.0. The number of hydrogen-bond donors (Lipinski definition) is 0. The summed E-state index contributed by atoms with van der Waals surface area (Å²) < 4.78 is 11.1. The lowest BCUT2D eigenvalue weighted by Gasteiger charge is -2.37. The number of fused-ring (bicyclic) bond motifs is 1. The number of unbranched alkanes of at least 4 members (excludes halogenated alkanes) is 2. The Kier molecular flexibility index (Phi) is 5.17. The van der Waals surface area contributed by atoms with E-state index in [0.717, 1.165) is 24.8 Å². The van der Waals surface area contributed by atoms with E-state index in [0.29, 0.717) is 24.2 Å². The molecule has 1 saturated heterocycles. The number of ether oxygens (including phenoxy) is 2. The van der Waals surface area contributed by atoms with Crippen LogP contribution in [0.2, 0.25) is 0 Å². The quantitative estimate of drug-likeness (QED) is 0.413. The monoisotopic (exact) mass is 358 g/mol. The SMILES string of the molecule is C/C=C/C1=CC2=C(CO1)C(=O)[C@]1(C)OC(=O)C(C(=O)CCCCC)[C@H]1C2. The number of carbonyl (C=O) groups excluding carboxylic acids is 3. The Morgan fingerprint density at radius 3 is 2.81 bits per heavy atom. The van der Waals surface area contributed by atoms with Gasteiger partial charge in [0.25, 0.3) is 0 Å². The van der Waals surface area contributed by atoms with Crippen molar-refractivity contribution in [3.8, 4) is 0 Å². The molecule has 0 N–H and O–H groups in total. The average Bonchev–Trinajstić information content (AvgIpc) is 2.86. The summed E-state index contributed by atoms with van der Waals surface area (Å²) in [6.45, 7) is 5.79. The highest BCUT2D eigenvalue weighted by Crippen LogP contribution is 2.48. The van der Waals surface area contributed by atoms with Crippen LogP contribution in [0.3, 0.4) is 0 Å². The van der Waals surface area contributed by atoms with Gasteiger partial charge >= 0.3 is 5.97 Å². The van der Waals surface area contributed by atoms with Crippen molar-refractivity contribution in [2.24, 2.45) is 11.8 Å². The fourth-order valence-electron chi connectivity index (χ4n) is 4.16. The van der Waals surface area contributed by atoms with Gasteiger partial charge < -0.3 is 9.47 Å². The van der Waals surface area contributed by atoms with Gasteiger partial charge in [-0.25, -0.2) is 0 Å². The molecule has 5 nitrogen and oxygen atoms in total. The zero-order valence-corrected chi connectivity index (χ0v) is 15.7. The number of ketones is 2. The standard InChI is InChI=1S/C21H26O5/c1-4-6-7-9-17(22)18-16-11-13-10-14(8-5-2)25-12-15(13)19(23)21(16,3)26-20(18)24/h5,8,10,16,18H,4,6-7,9,11-12H2,1-3H3/b8-5+/t16-,18?,21-/m1/s1. The first-order valence-corrected chi connectivity index (χ1v) is 9.42. The Bertz CT molecular complexity index is 727. The molecule has 2 heterocycles. The Labute approximate surface area is 154 Å². The number of esters is 1. The van der Waals surface area contributed by atoms with Crippen LogP contribution in [0.15, 0.2) is 35.1 Å². The fraction of sp³-hybridized carbons (Fsp3) is 0.571. The molecule has 0 aromatic rings. The molecule has 1 unspecified atom stereocenters. The van der Waals surface area contributed by atoms with Gasteiger partial charge in [-0.2, -0.15) is 0 Å². The number of hydrogen-bond acceptors (Lipinski definition) is 5. The molecular formula is C21H26O5. The Hall–Kier alpha value is -2.17. The van der Waals surface area contributed by atoms with Gasteiger partial charge in [0.15, 0.2) is 5.60 Å². The molecule has 0 spiro atoms. The summed E-state index contributed by atoms with van der Waals surface area (Å²) in [4.78, 5) is 38.2. The van der Waals surface area contributed by atoms with E-state index in [1.54, 1.807) is 6.92 Å². The maximum Gasteiger partial charge on any atom is 0.317 e. The summed E-state index contributed by atoms with van der Waals surface area (Å²) in [6.07, 6.45) is 9.13. The maximum absolute atomic E-state index is 13.0. The molecule has 2 aliphatic heterocycles. The molecule has 0 aromatic heterocycles. The molecule has 0 aromatic carbocycles. The van der Waals surface area contributed by atoms with Crippen molar-refractivity contribution >= 4 is 17.5 Å². The van der Waals surface area contributed by atoms with Crippen LogP contribution in [-0.4, -0.2) is 29.7 Å². The van der Waals surface area contributed by atoms with Gasteiger partial charge in [-0.05, 0) is 44.4 Å². The van der Waals surface area contributed by atoms with Gasteiger partial charge in [0.1, 0.15) is 24.1 Å². The molecule has 5 heteroatoms. The summed E-state index contributed by atoms with van der Waals surface area (Å²) in [5.74, 6) is -1.45. The van der Waals surface area contributed by atoms with Crippen molar-refractivity contribution in [1.82, 2.24) is 0 Å². The number of allylic oxidation sites excluding steroid dienone is 4. The lowest BCUT2D eigenvalue weighted by Crippen LogP contribution is -2.48. The van der Waals surface area contributed by atoms with Crippen molar-refractivity contribution in [3.05, 3.63) is 35.1 Å². The van der Waals surface area contributed by atoms with E-state index in [2.05, 4.69) is 6.92 Å². The molecule has 0 saturated carbocycles. The van der Waals surface area contributed by atoms with Gasteiger partial charge in [-0.3, -0.25) is 14.4 Å². The molecule has 0 amide bonds. The molecule has 0 bridgehead atoms. The van der Waals surface area contributed by atoms with Crippen molar-refractivity contribution in [1.29, 1.82) is 0 Å². The Morgan fingerprint density at radius 1 is 1.35 bits per heavy atom. The molecule has 140 valence electrons. The minimum Gasteiger partial charge on any atom is -0.489 e. The Balaban J connectivity index is 1.89. The fourth-order valence-corrected chi connectivity index (χ4v) is 4.16. The van der Waals surface area contributed by atoms with E-state index in [4.69, 9.17) is 9.47 Å². The molecule has 26 heavy (non-hydrogen) atoms. The van der Waals surface area contributed by atoms with E-state index in [1.165, 1.54) is 0 Å². The molecule has 1 aliphatic carbocycles.